The number of nitrogens with zero attached hydrogens (tertiary/aromatic N) is 1. The van der Waals surface area contributed by atoms with Gasteiger partial charge in [-0.2, -0.15) is 0 Å². The molecule has 0 aromatic heterocycles. The minimum Gasteiger partial charge on any atom is -0.448 e. The lowest BCUT2D eigenvalue weighted by Crippen LogP contribution is -2.29. The van der Waals surface area contributed by atoms with Crippen molar-refractivity contribution in [3.63, 3.8) is 0 Å². The zero-order valence-corrected chi connectivity index (χ0v) is 18.4. The summed E-state index contributed by atoms with van der Waals surface area (Å²) in [6.07, 6.45) is -0.389. The number of carbonyl (C=O) groups is 1. The maximum absolute atomic E-state index is 12.9. The van der Waals surface area contributed by atoms with Gasteiger partial charge in [0, 0.05) is 24.4 Å². The van der Waals surface area contributed by atoms with Crippen LogP contribution in [0.5, 0.6) is 0 Å². The molecule has 0 radical (unpaired) electrons. The van der Waals surface area contributed by atoms with Crippen LogP contribution >= 0.6 is 12.6 Å². The maximum Gasteiger partial charge on any atom is 0.414 e. The zero-order valence-electron chi connectivity index (χ0n) is 17.5. The second-order valence-electron chi connectivity index (χ2n) is 7.72. The first-order valence-electron chi connectivity index (χ1n) is 10.0. The molecule has 3 aromatic carbocycles. The summed E-state index contributed by atoms with van der Waals surface area (Å²) < 4.78 is 5.79. The fourth-order valence-corrected chi connectivity index (χ4v) is 4.54. The van der Waals surface area contributed by atoms with Crippen molar-refractivity contribution in [2.75, 3.05) is 18.6 Å². The maximum atomic E-state index is 12.9. The van der Waals surface area contributed by atoms with E-state index in [1.54, 1.807) is 11.9 Å². The van der Waals surface area contributed by atoms with Crippen molar-refractivity contribution in [1.82, 2.24) is 0 Å². The van der Waals surface area contributed by atoms with E-state index in [0.717, 1.165) is 27.3 Å². The normalized spacial score (nSPS) is 12.4. The van der Waals surface area contributed by atoms with Crippen LogP contribution in [-0.2, 0) is 11.3 Å². The number of anilines is 1. The van der Waals surface area contributed by atoms with Crippen molar-refractivity contribution >= 4 is 24.4 Å². The Hall–Kier alpha value is -2.76. The fourth-order valence-electron chi connectivity index (χ4n) is 4.29. The monoisotopic (exact) mass is 418 g/mol. The van der Waals surface area contributed by atoms with Crippen LogP contribution in [0.3, 0.4) is 0 Å². The van der Waals surface area contributed by atoms with Gasteiger partial charge in [-0.05, 0) is 58.9 Å². The van der Waals surface area contributed by atoms with E-state index < -0.39 is 0 Å². The molecule has 1 aliphatic carbocycles. The van der Waals surface area contributed by atoms with Crippen LogP contribution in [0.15, 0.2) is 59.5 Å². The SMILES string of the molecule is Cc1c(CN)cc(N(C)C(=O)OCC2c3ccccc3-c3ccccc32)c(C)c1S. The first-order valence-corrected chi connectivity index (χ1v) is 10.5. The second-order valence-corrected chi connectivity index (χ2v) is 8.17. The summed E-state index contributed by atoms with van der Waals surface area (Å²) in [5, 5.41) is 0. The van der Waals surface area contributed by atoms with Crippen LogP contribution in [0.1, 0.15) is 33.7 Å². The van der Waals surface area contributed by atoms with Crippen LogP contribution in [0, 0.1) is 13.8 Å². The van der Waals surface area contributed by atoms with Gasteiger partial charge in [0.2, 0.25) is 0 Å². The number of fused-ring (bicyclic) bond motifs is 3. The average molecular weight is 419 g/mol. The highest BCUT2D eigenvalue weighted by molar-refractivity contribution is 7.80. The molecule has 4 nitrogen and oxygen atoms in total. The molecule has 0 atom stereocenters. The molecule has 0 unspecified atom stereocenters. The van der Waals surface area contributed by atoms with Crippen molar-refractivity contribution in [1.29, 1.82) is 0 Å². The molecule has 0 saturated heterocycles. The molecule has 0 spiro atoms. The standard InChI is InChI=1S/C25H26N2O2S/c1-15-17(13-26)12-23(16(2)24(15)30)27(3)25(28)29-14-22-20-10-6-4-8-18(20)19-9-5-7-11-21(19)22/h4-12,22,30H,13-14,26H2,1-3H3. The van der Waals surface area contributed by atoms with Crippen LogP contribution in [0.4, 0.5) is 10.5 Å². The molecule has 154 valence electrons. The second kappa shape index (κ2) is 8.17. The van der Waals surface area contributed by atoms with Gasteiger partial charge >= 0.3 is 6.09 Å². The van der Waals surface area contributed by atoms with Gasteiger partial charge < -0.3 is 10.5 Å². The van der Waals surface area contributed by atoms with Crippen LogP contribution in [-0.4, -0.2) is 19.7 Å². The molecule has 1 amide bonds. The molecule has 30 heavy (non-hydrogen) atoms. The molecule has 4 rings (SSSR count). The first kappa shape index (κ1) is 20.5. The number of thiol groups is 1. The lowest BCUT2D eigenvalue weighted by molar-refractivity contribution is 0.151. The largest absolute Gasteiger partial charge is 0.448 e. The van der Waals surface area contributed by atoms with E-state index in [-0.39, 0.29) is 12.0 Å². The van der Waals surface area contributed by atoms with E-state index in [9.17, 15) is 4.79 Å². The smallest absolute Gasteiger partial charge is 0.414 e. The highest BCUT2D eigenvalue weighted by Crippen LogP contribution is 2.44. The Balaban J connectivity index is 1.57. The van der Waals surface area contributed by atoms with Gasteiger partial charge in [-0.15, -0.1) is 12.6 Å². The van der Waals surface area contributed by atoms with Crippen LogP contribution in [0.2, 0.25) is 0 Å². The van der Waals surface area contributed by atoms with Crippen molar-refractivity contribution in [2.45, 2.75) is 31.2 Å². The summed E-state index contributed by atoms with van der Waals surface area (Å²) in [7, 11) is 1.73. The topological polar surface area (TPSA) is 55.6 Å². The van der Waals surface area contributed by atoms with Gasteiger partial charge in [0.25, 0.3) is 0 Å². The molecule has 0 saturated carbocycles. The van der Waals surface area contributed by atoms with Crippen LogP contribution in [0.25, 0.3) is 11.1 Å². The van der Waals surface area contributed by atoms with E-state index >= 15 is 0 Å². The number of nitrogens with two attached hydrogens (primary N) is 1. The lowest BCUT2D eigenvalue weighted by Gasteiger charge is -2.23. The third-order valence-corrected chi connectivity index (χ3v) is 6.75. The number of amides is 1. The molecule has 5 heteroatoms. The van der Waals surface area contributed by atoms with E-state index in [1.165, 1.54) is 22.3 Å². The van der Waals surface area contributed by atoms with Gasteiger partial charge in [0.1, 0.15) is 6.61 Å². The molecule has 0 fully saturated rings. The zero-order chi connectivity index (χ0) is 21.4. The van der Waals surface area contributed by atoms with Gasteiger partial charge in [0.15, 0.2) is 0 Å². The Labute approximate surface area is 183 Å². The average Bonchev–Trinajstić information content (AvgIpc) is 3.09. The highest BCUT2D eigenvalue weighted by atomic mass is 32.1. The van der Waals surface area contributed by atoms with Crippen molar-refractivity contribution < 1.29 is 9.53 Å². The Bertz CT molecular complexity index is 1080. The Kier molecular flexibility index (Phi) is 5.58. The first-order chi connectivity index (χ1) is 14.4. The Morgan fingerprint density at radius 2 is 1.60 bits per heavy atom. The Morgan fingerprint density at radius 3 is 2.17 bits per heavy atom. The van der Waals surface area contributed by atoms with E-state index in [0.29, 0.717) is 13.2 Å². The molecule has 3 aromatic rings. The Morgan fingerprint density at radius 1 is 1.03 bits per heavy atom. The summed E-state index contributed by atoms with van der Waals surface area (Å²) in [4.78, 5) is 15.3. The number of carbonyl (C=O) groups excluding carboxylic acids is 1. The molecule has 2 N–H and O–H groups in total. The summed E-state index contributed by atoms with van der Waals surface area (Å²) in [6.45, 7) is 4.64. The minimum absolute atomic E-state index is 0.0360. The molecule has 0 heterocycles. The van der Waals surface area contributed by atoms with Crippen LogP contribution < -0.4 is 10.6 Å². The van der Waals surface area contributed by atoms with Crippen molar-refractivity contribution in [3.8, 4) is 11.1 Å². The summed E-state index contributed by atoms with van der Waals surface area (Å²) in [5.74, 6) is 0.0360. The number of ether oxygens (including phenoxy) is 1. The quantitative estimate of drug-likeness (QED) is 0.555. The predicted molar refractivity (Wildman–Crippen MR) is 125 cm³/mol. The van der Waals surface area contributed by atoms with Gasteiger partial charge in [-0.1, -0.05) is 48.5 Å². The number of hydrogen-bond donors (Lipinski definition) is 2. The highest BCUT2D eigenvalue weighted by Gasteiger charge is 2.29. The summed E-state index contributed by atoms with van der Waals surface area (Å²) in [5.41, 5.74) is 14.4. The predicted octanol–water partition coefficient (Wildman–Crippen LogP) is 5.44. The third-order valence-electron chi connectivity index (χ3n) is 6.08. The summed E-state index contributed by atoms with van der Waals surface area (Å²) in [6, 6.07) is 18.6. The number of rotatable bonds is 4. The molecule has 1 aliphatic rings. The van der Waals surface area contributed by atoms with Crippen molar-refractivity contribution in [2.24, 2.45) is 5.73 Å². The van der Waals surface area contributed by atoms with Crippen molar-refractivity contribution in [3.05, 3.63) is 82.4 Å². The number of benzene rings is 3. The van der Waals surface area contributed by atoms with Gasteiger partial charge in [-0.3, -0.25) is 4.90 Å². The molecule has 0 bridgehead atoms. The molecular formula is C25H26N2O2S. The number of hydrogen-bond acceptors (Lipinski definition) is 4. The van der Waals surface area contributed by atoms with E-state index in [2.05, 4.69) is 36.9 Å². The van der Waals surface area contributed by atoms with E-state index in [4.69, 9.17) is 10.5 Å². The van der Waals surface area contributed by atoms with Gasteiger partial charge in [-0.25, -0.2) is 4.79 Å². The third kappa shape index (κ3) is 3.38. The molecular weight excluding hydrogens is 392 g/mol. The fraction of sp³-hybridized carbons (Fsp3) is 0.240. The van der Waals surface area contributed by atoms with E-state index in [1.807, 2.05) is 44.2 Å². The summed E-state index contributed by atoms with van der Waals surface area (Å²) >= 11 is 4.62. The molecule has 0 aliphatic heterocycles. The minimum atomic E-state index is -0.389. The lowest BCUT2D eigenvalue weighted by atomic mass is 9.98. The van der Waals surface area contributed by atoms with Gasteiger partial charge in [0.05, 0.1) is 5.69 Å².